The van der Waals surface area contributed by atoms with Gasteiger partial charge in [0.25, 0.3) is 0 Å². The van der Waals surface area contributed by atoms with Gasteiger partial charge in [-0.3, -0.25) is 0 Å². The van der Waals surface area contributed by atoms with E-state index in [0.29, 0.717) is 5.92 Å². The van der Waals surface area contributed by atoms with Gasteiger partial charge in [-0.15, -0.1) is 0 Å². The third kappa shape index (κ3) is 4.94. The van der Waals surface area contributed by atoms with Crippen LogP contribution >= 0.6 is 0 Å². The molecule has 0 bridgehead atoms. The first-order valence-electron chi connectivity index (χ1n) is 18.8. The molecule has 1 aromatic heterocycles. The molecule has 6 aromatic carbocycles. The van der Waals surface area contributed by atoms with E-state index in [2.05, 4.69) is 187 Å². The molecule has 4 aliphatic rings. The number of nitrogens with zero attached hydrogens (tertiary/aromatic N) is 1. The van der Waals surface area contributed by atoms with Gasteiger partial charge >= 0.3 is 0 Å². The van der Waals surface area contributed by atoms with Gasteiger partial charge in [-0.2, -0.15) is 0 Å². The average Bonchev–Trinajstić information content (AvgIpc) is 3.70. The highest BCUT2D eigenvalue weighted by Gasteiger charge is 2.38. The fourth-order valence-corrected chi connectivity index (χ4v) is 9.36. The first kappa shape index (κ1) is 30.3. The highest BCUT2D eigenvalue weighted by molar-refractivity contribution is 6.06. The highest BCUT2D eigenvalue weighted by atomic mass is 16.3. The number of furan rings is 1. The second-order valence-electron chi connectivity index (χ2n) is 14.8. The monoisotopic (exact) mass is 679 g/mol. The minimum atomic E-state index is 0.124. The second kappa shape index (κ2) is 12.1. The van der Waals surface area contributed by atoms with Crippen molar-refractivity contribution in [2.75, 3.05) is 4.90 Å². The van der Waals surface area contributed by atoms with Gasteiger partial charge in [0, 0.05) is 45.6 Å². The molecule has 0 fully saturated rings. The lowest BCUT2D eigenvalue weighted by molar-refractivity contribution is 0.667. The van der Waals surface area contributed by atoms with Crippen LogP contribution in [-0.4, -0.2) is 0 Å². The van der Waals surface area contributed by atoms with E-state index in [0.717, 1.165) is 24.0 Å². The maximum absolute atomic E-state index is 6.40. The van der Waals surface area contributed by atoms with Gasteiger partial charge in [-0.25, -0.2) is 0 Å². The van der Waals surface area contributed by atoms with Crippen LogP contribution in [0.1, 0.15) is 46.9 Å². The average molecular weight is 680 g/mol. The molecule has 0 N–H and O–H groups in total. The van der Waals surface area contributed by atoms with Gasteiger partial charge in [0.1, 0.15) is 11.2 Å². The second-order valence-corrected chi connectivity index (χ2v) is 14.8. The summed E-state index contributed by atoms with van der Waals surface area (Å²) >= 11 is 0. The van der Waals surface area contributed by atoms with E-state index in [9.17, 15) is 0 Å². The summed E-state index contributed by atoms with van der Waals surface area (Å²) in [5, 5.41) is 2.35. The highest BCUT2D eigenvalue weighted by Crippen LogP contribution is 2.54. The molecule has 53 heavy (non-hydrogen) atoms. The predicted molar refractivity (Wildman–Crippen MR) is 219 cm³/mol. The Morgan fingerprint density at radius 2 is 1.26 bits per heavy atom. The molecule has 2 nitrogen and oxygen atoms in total. The number of rotatable bonds is 4. The molecule has 0 saturated carbocycles. The molecule has 0 amide bonds. The maximum atomic E-state index is 6.40. The van der Waals surface area contributed by atoms with Crippen LogP contribution in [0.4, 0.5) is 11.4 Å². The maximum Gasteiger partial charge on any atom is 0.136 e. The topological polar surface area (TPSA) is 16.4 Å². The summed E-state index contributed by atoms with van der Waals surface area (Å²) in [7, 11) is 0. The van der Waals surface area contributed by atoms with E-state index < -0.39 is 0 Å². The molecule has 2 heterocycles. The molecular weight excluding hydrogens is 643 g/mol. The molecule has 3 unspecified atom stereocenters. The van der Waals surface area contributed by atoms with Crippen molar-refractivity contribution in [3.63, 3.8) is 0 Å². The van der Waals surface area contributed by atoms with Crippen LogP contribution in [0, 0.1) is 5.92 Å². The van der Waals surface area contributed by atoms with Crippen LogP contribution < -0.4 is 4.90 Å². The van der Waals surface area contributed by atoms with Crippen LogP contribution in [0.25, 0.3) is 39.1 Å². The lowest BCUT2D eigenvalue weighted by Crippen LogP contribution is -2.18. The number of para-hydroxylation sites is 3. The molecule has 0 radical (unpaired) electrons. The Balaban J connectivity index is 1.01. The van der Waals surface area contributed by atoms with E-state index in [1.165, 1.54) is 77.9 Å². The first-order valence-corrected chi connectivity index (χ1v) is 18.8. The van der Waals surface area contributed by atoms with Crippen molar-refractivity contribution in [2.45, 2.75) is 24.7 Å². The standard InChI is InChI=1S/C51H37NO/c1-3-11-33(12-4-1)34-19-21-35(22-20-34)51-41-27-25-36(29-38(41)23-24-39-31-50-46(32-44(39)51)43-16-8-10-18-49(43)53-50)37-26-28-48-45(30-37)42-15-7-9-17-47(42)52(48)40-13-5-2-6-14-40/h1-28,31-32,38,45,51H,29-30H2. The Kier molecular flexibility index (Phi) is 6.91. The minimum Gasteiger partial charge on any atom is -0.456 e. The van der Waals surface area contributed by atoms with Gasteiger partial charge in [-0.05, 0) is 99.8 Å². The number of hydrogen-bond donors (Lipinski definition) is 0. The number of allylic oxidation sites excluding steroid dienone is 9. The summed E-state index contributed by atoms with van der Waals surface area (Å²) in [5.74, 6) is 0.749. The summed E-state index contributed by atoms with van der Waals surface area (Å²) in [4.78, 5) is 2.46. The van der Waals surface area contributed by atoms with Crippen LogP contribution in [-0.2, 0) is 0 Å². The van der Waals surface area contributed by atoms with Crippen molar-refractivity contribution in [1.82, 2.24) is 0 Å². The van der Waals surface area contributed by atoms with Crippen molar-refractivity contribution < 1.29 is 4.42 Å². The Bertz CT molecular complexity index is 2720. The van der Waals surface area contributed by atoms with E-state index in [1.54, 1.807) is 0 Å². The van der Waals surface area contributed by atoms with Gasteiger partial charge in [-0.1, -0.05) is 145 Å². The zero-order valence-corrected chi connectivity index (χ0v) is 29.3. The Labute approximate surface area is 310 Å². The molecule has 3 aliphatic carbocycles. The molecule has 1 aliphatic heterocycles. The lowest BCUT2D eigenvalue weighted by Gasteiger charge is -2.31. The van der Waals surface area contributed by atoms with E-state index in [4.69, 9.17) is 4.42 Å². The number of benzene rings is 6. The van der Waals surface area contributed by atoms with E-state index in [-0.39, 0.29) is 11.8 Å². The predicted octanol–water partition coefficient (Wildman–Crippen LogP) is 13.4. The summed E-state index contributed by atoms with van der Waals surface area (Å²) < 4.78 is 6.40. The van der Waals surface area contributed by atoms with Crippen LogP contribution in [0.15, 0.2) is 203 Å². The molecule has 0 saturated heterocycles. The van der Waals surface area contributed by atoms with E-state index >= 15 is 0 Å². The number of fused-ring (bicyclic) bond motifs is 8. The van der Waals surface area contributed by atoms with Gasteiger partial charge < -0.3 is 9.32 Å². The van der Waals surface area contributed by atoms with Gasteiger partial charge in [0.05, 0.1) is 0 Å². The lowest BCUT2D eigenvalue weighted by atomic mass is 9.73. The Morgan fingerprint density at radius 1 is 0.547 bits per heavy atom. The zero-order chi connectivity index (χ0) is 34.9. The van der Waals surface area contributed by atoms with Crippen molar-refractivity contribution in [3.05, 3.63) is 221 Å². The van der Waals surface area contributed by atoms with Crippen molar-refractivity contribution in [3.8, 4) is 11.1 Å². The Morgan fingerprint density at radius 3 is 2.13 bits per heavy atom. The molecule has 3 atom stereocenters. The molecule has 0 spiro atoms. The molecule has 7 aromatic rings. The Hall–Kier alpha value is -6.38. The molecule has 11 rings (SSSR count). The fraction of sp³-hybridized carbons (Fsp3) is 0.0980. The van der Waals surface area contributed by atoms with Crippen molar-refractivity contribution >= 4 is 39.4 Å². The van der Waals surface area contributed by atoms with Gasteiger partial charge in [0.2, 0.25) is 0 Å². The third-order valence-electron chi connectivity index (χ3n) is 11.9. The van der Waals surface area contributed by atoms with Crippen molar-refractivity contribution in [2.24, 2.45) is 5.92 Å². The molecular formula is C51H37NO. The number of anilines is 2. The smallest absolute Gasteiger partial charge is 0.136 e. The summed E-state index contributed by atoms with van der Waals surface area (Å²) in [6.45, 7) is 0. The molecule has 2 heteroatoms. The van der Waals surface area contributed by atoms with Crippen LogP contribution in [0.5, 0.6) is 0 Å². The fourth-order valence-electron chi connectivity index (χ4n) is 9.36. The summed E-state index contributed by atoms with van der Waals surface area (Å²) in [6, 6.07) is 52.8. The quantitative estimate of drug-likeness (QED) is 0.184. The van der Waals surface area contributed by atoms with Crippen molar-refractivity contribution in [1.29, 1.82) is 0 Å². The van der Waals surface area contributed by atoms with Crippen LogP contribution in [0.3, 0.4) is 0 Å². The normalized spacial score (nSPS) is 20.1. The van der Waals surface area contributed by atoms with E-state index in [1.807, 2.05) is 0 Å². The molecule has 252 valence electrons. The zero-order valence-electron chi connectivity index (χ0n) is 29.3. The van der Waals surface area contributed by atoms with Crippen LogP contribution in [0.2, 0.25) is 0 Å². The number of hydrogen-bond acceptors (Lipinski definition) is 2. The summed E-state index contributed by atoms with van der Waals surface area (Å²) in [6.07, 6.45) is 16.5. The third-order valence-corrected chi connectivity index (χ3v) is 11.9. The summed E-state index contributed by atoms with van der Waals surface area (Å²) in [5.41, 5.74) is 17.9. The SMILES string of the molecule is C1=CC2CC(C3=CC=C4C(C3)c3ccccc3N4c3ccccc3)=CC=C2C(c2ccc(-c3ccccc3)cc2)c2cc3c(cc21)oc1ccccc13. The minimum absolute atomic E-state index is 0.124. The first-order chi connectivity index (χ1) is 26.3. The van der Waals surface area contributed by atoms with Gasteiger partial charge in [0.15, 0.2) is 0 Å². The largest absolute Gasteiger partial charge is 0.456 e.